The number of rotatable bonds is 3. The van der Waals surface area contributed by atoms with Gasteiger partial charge in [-0.05, 0) is 31.5 Å². The quantitative estimate of drug-likeness (QED) is 0.650. The van der Waals surface area contributed by atoms with Crippen LogP contribution >= 0.6 is 0 Å². The predicted octanol–water partition coefficient (Wildman–Crippen LogP) is 1.27. The van der Waals surface area contributed by atoms with Crippen LogP contribution in [0.5, 0.6) is 0 Å². The monoisotopic (exact) mass is 308 g/mol. The minimum atomic E-state index is 0.165. The molecule has 2 aliphatic heterocycles. The fraction of sp³-hybridized carbons (Fsp3) is 0.562. The van der Waals surface area contributed by atoms with E-state index in [1.165, 1.54) is 0 Å². The molecule has 6 heteroatoms. The molecule has 6 nitrogen and oxygen atoms in total. The number of benzene rings is 1. The van der Waals surface area contributed by atoms with Crippen molar-refractivity contribution in [3.05, 3.63) is 35.9 Å². The van der Waals surface area contributed by atoms with Gasteiger partial charge in [0.1, 0.15) is 13.2 Å². The number of piperidine rings is 1. The van der Waals surface area contributed by atoms with Crippen LogP contribution in [0.1, 0.15) is 18.4 Å². The molecule has 122 valence electrons. The van der Waals surface area contributed by atoms with Gasteiger partial charge >= 0.3 is 0 Å². The van der Waals surface area contributed by atoms with Crippen molar-refractivity contribution in [3.63, 3.8) is 0 Å². The van der Waals surface area contributed by atoms with E-state index < -0.39 is 0 Å². The summed E-state index contributed by atoms with van der Waals surface area (Å²) < 4.78 is 5.10. The zero-order valence-electron chi connectivity index (χ0n) is 12.7. The third-order valence-electron chi connectivity index (χ3n) is 3.85. The van der Waals surface area contributed by atoms with Crippen molar-refractivity contribution in [1.29, 1.82) is 0 Å². The average Bonchev–Trinajstić information content (AvgIpc) is 2.58. The summed E-state index contributed by atoms with van der Waals surface area (Å²) >= 11 is 0. The van der Waals surface area contributed by atoms with E-state index in [2.05, 4.69) is 10.2 Å². The summed E-state index contributed by atoms with van der Waals surface area (Å²) in [4.78, 5) is 17.4. The molecular formula is C16H24N2O4. The van der Waals surface area contributed by atoms with Gasteiger partial charge in [-0.3, -0.25) is 10.1 Å². The Labute approximate surface area is 130 Å². The third-order valence-corrected chi connectivity index (χ3v) is 3.85. The number of nitrogens with one attached hydrogen (secondary N) is 1. The zero-order chi connectivity index (χ0) is 15.6. The smallest absolute Gasteiger partial charge is 0.248 e. The standard InChI is InChI=1S/C9H16N2O2.C7H8O2/c12-9-7-13-6-5-11(9)8-1-3-10-4-2-8;8-9-6-7-4-2-1-3-5-7/h8,10H,1-7H2;1-5,8H,6H2. The zero-order valence-corrected chi connectivity index (χ0v) is 12.7. The van der Waals surface area contributed by atoms with Crippen molar-refractivity contribution in [1.82, 2.24) is 10.2 Å². The molecule has 3 rings (SSSR count). The Balaban J connectivity index is 0.000000172. The van der Waals surface area contributed by atoms with Gasteiger partial charge in [0.2, 0.25) is 5.91 Å². The molecule has 1 aromatic carbocycles. The van der Waals surface area contributed by atoms with Gasteiger partial charge in [-0.15, -0.1) is 0 Å². The average molecular weight is 308 g/mol. The molecule has 2 heterocycles. The van der Waals surface area contributed by atoms with Crippen molar-refractivity contribution in [2.24, 2.45) is 0 Å². The highest BCUT2D eigenvalue weighted by Gasteiger charge is 2.27. The molecule has 0 bridgehead atoms. The van der Waals surface area contributed by atoms with Gasteiger partial charge in [-0.2, -0.15) is 0 Å². The van der Waals surface area contributed by atoms with E-state index in [0.29, 0.717) is 12.6 Å². The Morgan fingerprint density at radius 2 is 2.00 bits per heavy atom. The SMILES string of the molecule is O=C1COCCN1C1CCNCC1.OOCc1ccccc1. The molecule has 0 saturated carbocycles. The number of hydrogen-bond donors (Lipinski definition) is 2. The van der Waals surface area contributed by atoms with Crippen molar-refractivity contribution >= 4 is 5.91 Å². The Morgan fingerprint density at radius 1 is 1.27 bits per heavy atom. The van der Waals surface area contributed by atoms with Gasteiger partial charge in [-0.1, -0.05) is 30.3 Å². The summed E-state index contributed by atoms with van der Waals surface area (Å²) in [7, 11) is 0. The van der Waals surface area contributed by atoms with Crippen LogP contribution < -0.4 is 5.32 Å². The molecular weight excluding hydrogens is 284 g/mol. The van der Waals surface area contributed by atoms with Gasteiger partial charge < -0.3 is 15.0 Å². The summed E-state index contributed by atoms with van der Waals surface area (Å²) in [6, 6.07) is 9.94. The number of hydrogen-bond acceptors (Lipinski definition) is 5. The molecule has 2 aliphatic rings. The normalized spacial score (nSPS) is 19.5. The molecule has 22 heavy (non-hydrogen) atoms. The fourth-order valence-corrected chi connectivity index (χ4v) is 2.68. The second kappa shape index (κ2) is 9.53. The molecule has 0 atom stereocenters. The largest absolute Gasteiger partial charge is 0.370 e. The van der Waals surface area contributed by atoms with E-state index in [0.717, 1.165) is 38.0 Å². The second-order valence-electron chi connectivity index (χ2n) is 5.38. The summed E-state index contributed by atoms with van der Waals surface area (Å²) in [5.74, 6) is 0.165. The first-order valence-corrected chi connectivity index (χ1v) is 7.69. The lowest BCUT2D eigenvalue weighted by Gasteiger charge is -2.36. The fourth-order valence-electron chi connectivity index (χ4n) is 2.68. The van der Waals surface area contributed by atoms with Gasteiger partial charge in [0.05, 0.1) is 6.61 Å². The Morgan fingerprint density at radius 3 is 2.64 bits per heavy atom. The lowest BCUT2D eigenvalue weighted by molar-refractivity contribution is -0.253. The number of morpholine rings is 1. The van der Waals surface area contributed by atoms with E-state index in [1.807, 2.05) is 35.2 Å². The summed E-state index contributed by atoms with van der Waals surface area (Å²) in [6.07, 6.45) is 2.18. The van der Waals surface area contributed by atoms with E-state index in [4.69, 9.17) is 9.99 Å². The van der Waals surface area contributed by atoms with Crippen LogP contribution in [0, 0.1) is 0 Å². The van der Waals surface area contributed by atoms with Crippen molar-refractivity contribution in [2.75, 3.05) is 32.8 Å². The number of nitrogens with zero attached hydrogens (tertiary/aromatic N) is 1. The highest BCUT2D eigenvalue weighted by Crippen LogP contribution is 2.13. The van der Waals surface area contributed by atoms with Crippen LogP contribution in [0.2, 0.25) is 0 Å². The van der Waals surface area contributed by atoms with Crippen LogP contribution in [0.3, 0.4) is 0 Å². The number of ether oxygens (including phenoxy) is 1. The van der Waals surface area contributed by atoms with E-state index in [1.54, 1.807) is 0 Å². The van der Waals surface area contributed by atoms with Gasteiger partial charge in [0, 0.05) is 12.6 Å². The number of carbonyl (C=O) groups excluding carboxylic acids is 1. The maximum absolute atomic E-state index is 11.5. The molecule has 0 radical (unpaired) electrons. The van der Waals surface area contributed by atoms with E-state index in [9.17, 15) is 4.79 Å². The minimum absolute atomic E-state index is 0.165. The van der Waals surface area contributed by atoms with E-state index >= 15 is 0 Å². The van der Waals surface area contributed by atoms with Crippen LogP contribution in [-0.4, -0.2) is 55.0 Å². The molecule has 2 fully saturated rings. The third kappa shape index (κ3) is 5.38. The Hall–Kier alpha value is -1.47. The maximum atomic E-state index is 11.5. The van der Waals surface area contributed by atoms with E-state index in [-0.39, 0.29) is 19.1 Å². The van der Waals surface area contributed by atoms with Crippen LogP contribution in [0.4, 0.5) is 0 Å². The molecule has 0 spiro atoms. The molecule has 2 N–H and O–H groups in total. The predicted molar refractivity (Wildman–Crippen MR) is 82.3 cm³/mol. The molecule has 1 amide bonds. The van der Waals surface area contributed by atoms with Gasteiger partial charge in [0.25, 0.3) is 0 Å². The highest BCUT2D eigenvalue weighted by atomic mass is 17.1. The van der Waals surface area contributed by atoms with Crippen LogP contribution in [-0.2, 0) is 21.0 Å². The lowest BCUT2D eigenvalue weighted by Crippen LogP contribution is -2.51. The highest BCUT2D eigenvalue weighted by molar-refractivity contribution is 5.78. The van der Waals surface area contributed by atoms with Crippen molar-refractivity contribution in [2.45, 2.75) is 25.5 Å². The molecule has 0 unspecified atom stereocenters. The van der Waals surface area contributed by atoms with Crippen LogP contribution in [0.25, 0.3) is 0 Å². The molecule has 0 aliphatic carbocycles. The minimum Gasteiger partial charge on any atom is -0.370 e. The summed E-state index contributed by atoms with van der Waals surface area (Å²) in [6.45, 7) is 4.11. The Kier molecular flexibility index (Phi) is 7.32. The number of amides is 1. The first-order valence-electron chi connectivity index (χ1n) is 7.69. The molecule has 1 aromatic rings. The summed E-state index contributed by atoms with van der Waals surface area (Å²) in [5, 5.41) is 11.3. The van der Waals surface area contributed by atoms with Crippen molar-refractivity contribution < 1.29 is 19.7 Å². The summed E-state index contributed by atoms with van der Waals surface area (Å²) in [5.41, 5.74) is 0.972. The molecule has 2 saturated heterocycles. The second-order valence-corrected chi connectivity index (χ2v) is 5.38. The first-order chi connectivity index (χ1) is 10.8. The van der Waals surface area contributed by atoms with Crippen molar-refractivity contribution in [3.8, 4) is 0 Å². The first kappa shape index (κ1) is 16.9. The molecule has 0 aromatic heterocycles. The maximum Gasteiger partial charge on any atom is 0.248 e. The van der Waals surface area contributed by atoms with Gasteiger partial charge in [-0.25, -0.2) is 4.89 Å². The van der Waals surface area contributed by atoms with Crippen LogP contribution in [0.15, 0.2) is 30.3 Å². The topological polar surface area (TPSA) is 71.0 Å². The van der Waals surface area contributed by atoms with Gasteiger partial charge in [0.15, 0.2) is 0 Å². The number of carbonyl (C=O) groups is 1. The lowest BCUT2D eigenvalue weighted by atomic mass is 10.0. The Bertz CT molecular complexity index is 435.